The molecule has 0 saturated heterocycles. The van der Waals surface area contributed by atoms with E-state index in [-0.39, 0.29) is 42.7 Å². The van der Waals surface area contributed by atoms with Gasteiger partial charge in [-0.15, -0.1) is 0 Å². The van der Waals surface area contributed by atoms with Crippen molar-refractivity contribution >= 4 is 18.0 Å². The highest BCUT2D eigenvalue weighted by Gasteiger charge is 2.73. The molecule has 2 amide bonds. The van der Waals surface area contributed by atoms with Gasteiger partial charge in [-0.1, -0.05) is 61.9 Å². The zero-order valence-electron chi connectivity index (χ0n) is 20.0. The fraction of sp³-hybridized carbons (Fsp3) is 0.464. The van der Waals surface area contributed by atoms with Crippen molar-refractivity contribution in [1.29, 1.82) is 0 Å². The van der Waals surface area contributed by atoms with E-state index in [1.165, 1.54) is 11.1 Å². The molecule has 35 heavy (non-hydrogen) atoms. The largest absolute Gasteiger partial charge is 0.481 e. The van der Waals surface area contributed by atoms with Crippen molar-refractivity contribution in [3.8, 4) is 11.1 Å². The van der Waals surface area contributed by atoms with Crippen LogP contribution in [0.3, 0.4) is 0 Å². The summed E-state index contributed by atoms with van der Waals surface area (Å²) in [7, 11) is 0. The minimum Gasteiger partial charge on any atom is -0.481 e. The predicted octanol–water partition coefficient (Wildman–Crippen LogP) is 4.31. The molecule has 7 nitrogen and oxygen atoms in total. The summed E-state index contributed by atoms with van der Waals surface area (Å²) in [4.78, 5) is 36.5. The summed E-state index contributed by atoms with van der Waals surface area (Å²) in [5.41, 5.74) is 3.79. The second-order valence-electron chi connectivity index (χ2n) is 10.5. The van der Waals surface area contributed by atoms with Crippen molar-refractivity contribution in [3.05, 3.63) is 59.7 Å². The molecule has 0 aromatic heterocycles. The number of aliphatic carboxylic acids is 1. The van der Waals surface area contributed by atoms with Crippen molar-refractivity contribution in [2.24, 2.45) is 16.7 Å². The first-order valence-corrected chi connectivity index (χ1v) is 12.4. The molecule has 3 aliphatic rings. The maximum atomic E-state index is 12.4. The molecule has 0 aliphatic heterocycles. The van der Waals surface area contributed by atoms with Crippen molar-refractivity contribution in [1.82, 2.24) is 10.6 Å². The first-order valence-electron chi connectivity index (χ1n) is 12.4. The zero-order valence-corrected chi connectivity index (χ0v) is 20.0. The van der Waals surface area contributed by atoms with Crippen LogP contribution in [0.4, 0.5) is 4.79 Å². The molecular formula is C28H32N2O5. The van der Waals surface area contributed by atoms with Crippen LogP contribution in [-0.2, 0) is 14.3 Å². The highest BCUT2D eigenvalue weighted by Crippen LogP contribution is 2.73. The third-order valence-electron chi connectivity index (χ3n) is 8.31. The number of fused-ring (bicyclic) bond motifs is 3. The minimum atomic E-state index is -0.803. The molecule has 0 radical (unpaired) electrons. The van der Waals surface area contributed by atoms with Crippen LogP contribution in [0.15, 0.2) is 48.5 Å². The average molecular weight is 477 g/mol. The number of hydrogen-bond donors (Lipinski definition) is 3. The first kappa shape index (κ1) is 23.4. The molecule has 2 fully saturated rings. The number of benzene rings is 2. The molecule has 7 heteroatoms. The Morgan fingerprint density at radius 1 is 1.03 bits per heavy atom. The zero-order chi connectivity index (χ0) is 24.6. The standard InChI is InChI=1S/C28H32N2O5/c1-18(13-24(31)30-17-28(25(32)33)16-27(28)11-6-12-27)14-29-26(34)35-15-23-21-9-4-2-7-19(21)20-8-3-5-10-22(20)23/h2-5,7-10,18,23H,6,11-17H2,1H3,(H,29,34)(H,30,31)(H,32,33). The Labute approximate surface area is 205 Å². The van der Waals surface area contributed by atoms with Crippen LogP contribution in [-0.4, -0.2) is 42.8 Å². The lowest BCUT2D eigenvalue weighted by Gasteiger charge is -2.31. The third kappa shape index (κ3) is 4.17. The maximum Gasteiger partial charge on any atom is 0.407 e. The van der Waals surface area contributed by atoms with Crippen LogP contribution >= 0.6 is 0 Å². The molecule has 184 valence electrons. The van der Waals surface area contributed by atoms with E-state index < -0.39 is 17.5 Å². The van der Waals surface area contributed by atoms with Gasteiger partial charge in [0, 0.05) is 25.4 Å². The summed E-state index contributed by atoms with van der Waals surface area (Å²) in [5, 5.41) is 15.3. The van der Waals surface area contributed by atoms with Crippen molar-refractivity contribution in [3.63, 3.8) is 0 Å². The van der Waals surface area contributed by atoms with Gasteiger partial charge in [-0.2, -0.15) is 0 Å². The van der Waals surface area contributed by atoms with Crippen molar-refractivity contribution in [2.75, 3.05) is 19.7 Å². The fourth-order valence-corrected chi connectivity index (χ4v) is 6.04. The highest BCUT2D eigenvalue weighted by molar-refractivity contribution is 5.83. The summed E-state index contributed by atoms with van der Waals surface area (Å²) < 4.78 is 5.55. The molecule has 2 saturated carbocycles. The quantitative estimate of drug-likeness (QED) is 0.500. The monoisotopic (exact) mass is 476 g/mol. The Hall–Kier alpha value is -3.35. The Balaban J connectivity index is 1.06. The Morgan fingerprint density at radius 2 is 1.66 bits per heavy atom. The average Bonchev–Trinajstić information content (AvgIpc) is 3.45. The van der Waals surface area contributed by atoms with Gasteiger partial charge in [0.05, 0.1) is 5.41 Å². The molecule has 0 heterocycles. The van der Waals surface area contributed by atoms with Crippen LogP contribution in [0, 0.1) is 16.7 Å². The van der Waals surface area contributed by atoms with Crippen LogP contribution in [0.2, 0.25) is 0 Å². The Morgan fingerprint density at radius 3 is 2.20 bits per heavy atom. The number of carbonyl (C=O) groups excluding carboxylic acids is 2. The Bertz CT molecular complexity index is 1110. The first-order chi connectivity index (χ1) is 16.9. The van der Waals surface area contributed by atoms with E-state index in [0.717, 1.165) is 30.4 Å². The van der Waals surface area contributed by atoms with E-state index >= 15 is 0 Å². The highest BCUT2D eigenvalue weighted by atomic mass is 16.5. The molecule has 2 unspecified atom stereocenters. The van der Waals surface area contributed by atoms with Gasteiger partial charge in [0.15, 0.2) is 0 Å². The molecule has 3 N–H and O–H groups in total. The molecule has 0 bridgehead atoms. The predicted molar refractivity (Wildman–Crippen MR) is 131 cm³/mol. The smallest absolute Gasteiger partial charge is 0.407 e. The van der Waals surface area contributed by atoms with E-state index in [2.05, 4.69) is 34.9 Å². The molecule has 1 spiro atoms. The lowest BCUT2D eigenvalue weighted by Crippen LogP contribution is -2.40. The lowest BCUT2D eigenvalue weighted by molar-refractivity contribution is -0.146. The number of rotatable bonds is 9. The number of nitrogens with one attached hydrogen (secondary N) is 2. The summed E-state index contributed by atoms with van der Waals surface area (Å²) in [6.07, 6.45) is 3.32. The Kier molecular flexibility index (Phi) is 6.03. The van der Waals surface area contributed by atoms with Crippen molar-refractivity contribution in [2.45, 2.75) is 44.9 Å². The summed E-state index contributed by atoms with van der Waals surface area (Å²) >= 11 is 0. The van der Waals surface area contributed by atoms with Gasteiger partial charge in [0.2, 0.25) is 5.91 Å². The van der Waals surface area contributed by atoms with Gasteiger partial charge in [0.1, 0.15) is 6.61 Å². The normalized spacial score (nSPS) is 21.9. The summed E-state index contributed by atoms with van der Waals surface area (Å²) in [5.74, 6) is -1.09. The number of carboxylic acids is 1. The van der Waals surface area contributed by atoms with Crippen LogP contribution in [0.5, 0.6) is 0 Å². The van der Waals surface area contributed by atoms with Crippen LogP contribution in [0.25, 0.3) is 11.1 Å². The van der Waals surface area contributed by atoms with Gasteiger partial charge in [0.25, 0.3) is 0 Å². The molecular weight excluding hydrogens is 444 g/mol. The molecule has 2 aromatic rings. The van der Waals surface area contributed by atoms with E-state index in [1.807, 2.05) is 31.2 Å². The summed E-state index contributed by atoms with van der Waals surface area (Å²) in [6.45, 7) is 2.61. The molecule has 3 aliphatic carbocycles. The van der Waals surface area contributed by atoms with Gasteiger partial charge in [-0.05, 0) is 52.8 Å². The number of hydrogen-bond acceptors (Lipinski definition) is 4. The van der Waals surface area contributed by atoms with Gasteiger partial charge >= 0.3 is 12.1 Å². The molecule has 2 aromatic carbocycles. The number of amides is 2. The van der Waals surface area contributed by atoms with Gasteiger partial charge in [-0.25, -0.2) is 4.79 Å². The lowest BCUT2D eigenvalue weighted by atomic mass is 9.75. The SMILES string of the molecule is CC(CNC(=O)OCC1c2ccccc2-c2ccccc21)CC(=O)NCC1(C(=O)O)CC12CCC2. The van der Waals surface area contributed by atoms with Gasteiger partial charge < -0.3 is 20.5 Å². The second-order valence-corrected chi connectivity index (χ2v) is 10.5. The van der Waals surface area contributed by atoms with Crippen LogP contribution < -0.4 is 10.6 Å². The summed E-state index contributed by atoms with van der Waals surface area (Å²) in [6, 6.07) is 16.4. The number of carboxylic acid groups (broad SMARTS) is 1. The molecule has 2 atom stereocenters. The second kappa shape index (κ2) is 9.02. The minimum absolute atomic E-state index is 0.000655. The maximum absolute atomic E-state index is 12.4. The topological polar surface area (TPSA) is 105 Å². The van der Waals surface area contributed by atoms with Crippen LogP contribution in [0.1, 0.15) is 56.1 Å². The molecule has 5 rings (SSSR count). The van der Waals surface area contributed by atoms with E-state index in [0.29, 0.717) is 13.0 Å². The van der Waals surface area contributed by atoms with Gasteiger partial charge in [-0.3, -0.25) is 9.59 Å². The van der Waals surface area contributed by atoms with Crippen molar-refractivity contribution < 1.29 is 24.2 Å². The van der Waals surface area contributed by atoms with E-state index in [1.54, 1.807) is 0 Å². The fourth-order valence-electron chi connectivity index (χ4n) is 6.04. The number of alkyl carbamates (subject to hydrolysis) is 1. The van der Waals surface area contributed by atoms with E-state index in [4.69, 9.17) is 4.74 Å². The third-order valence-corrected chi connectivity index (χ3v) is 8.31. The number of ether oxygens (including phenoxy) is 1. The number of carbonyl (C=O) groups is 3. The van der Waals surface area contributed by atoms with E-state index in [9.17, 15) is 19.5 Å².